The molecule has 7 rings (SSSR count). The predicted octanol–water partition coefficient (Wildman–Crippen LogP) is 13.8. The van der Waals surface area contributed by atoms with E-state index in [1.54, 1.807) is 0 Å². The Hall–Kier alpha value is -6.12. The van der Waals surface area contributed by atoms with Gasteiger partial charge in [0.25, 0.3) is 0 Å². The summed E-state index contributed by atoms with van der Waals surface area (Å²) in [5, 5.41) is 0. The molecule has 244 valence electrons. The summed E-state index contributed by atoms with van der Waals surface area (Å²) in [5.41, 5.74) is 13.0. The van der Waals surface area contributed by atoms with Crippen molar-refractivity contribution in [2.24, 2.45) is 0 Å². The van der Waals surface area contributed by atoms with E-state index >= 15 is 0 Å². The van der Waals surface area contributed by atoms with Crippen molar-refractivity contribution in [3.63, 3.8) is 0 Å². The van der Waals surface area contributed by atoms with E-state index in [1.807, 2.05) is 0 Å². The van der Waals surface area contributed by atoms with E-state index in [-0.39, 0.29) is 5.41 Å². The topological polar surface area (TPSA) is 6.48 Å². The molecule has 0 spiro atoms. The molecule has 0 aliphatic heterocycles. The molecule has 0 atom stereocenters. The smallest absolute Gasteiger partial charge is 0.0462 e. The molecule has 0 amide bonds. The molecule has 0 N–H and O–H groups in total. The molecule has 0 saturated carbocycles. The van der Waals surface area contributed by atoms with Gasteiger partial charge in [0.15, 0.2) is 0 Å². The lowest BCUT2D eigenvalue weighted by molar-refractivity contribution is 0.590. The van der Waals surface area contributed by atoms with E-state index in [1.165, 1.54) is 22.3 Å². The van der Waals surface area contributed by atoms with Gasteiger partial charge < -0.3 is 9.80 Å². The molecule has 0 aliphatic carbocycles. The summed E-state index contributed by atoms with van der Waals surface area (Å²) in [6.07, 6.45) is 4.35. The minimum absolute atomic E-state index is 0.114. The molecule has 0 radical (unpaired) electrons. The summed E-state index contributed by atoms with van der Waals surface area (Å²) < 4.78 is 0. The van der Waals surface area contributed by atoms with Crippen LogP contribution in [-0.4, -0.2) is 0 Å². The van der Waals surface area contributed by atoms with E-state index in [9.17, 15) is 0 Å². The van der Waals surface area contributed by atoms with Crippen molar-refractivity contribution < 1.29 is 0 Å². The van der Waals surface area contributed by atoms with Gasteiger partial charge in [-0.25, -0.2) is 0 Å². The number of anilines is 6. The lowest BCUT2D eigenvalue weighted by Gasteiger charge is -2.27. The predicted molar refractivity (Wildman–Crippen MR) is 215 cm³/mol. The average Bonchev–Trinajstić information content (AvgIpc) is 3.16. The molecule has 2 heteroatoms. The van der Waals surface area contributed by atoms with Crippen LogP contribution in [-0.2, 0) is 5.41 Å². The van der Waals surface area contributed by atoms with Crippen LogP contribution in [0, 0.1) is 0 Å². The number of benzene rings is 7. The molecule has 7 aromatic rings. The summed E-state index contributed by atoms with van der Waals surface area (Å²) >= 11 is 0. The zero-order chi connectivity index (χ0) is 34.3. The Balaban J connectivity index is 1.07. The fourth-order valence-corrected chi connectivity index (χ4v) is 6.25. The summed E-state index contributed by atoms with van der Waals surface area (Å²) in [7, 11) is 0. The van der Waals surface area contributed by atoms with Gasteiger partial charge in [-0.1, -0.05) is 148 Å². The Kier molecular flexibility index (Phi) is 9.44. The van der Waals surface area contributed by atoms with E-state index < -0.39 is 0 Å². The van der Waals surface area contributed by atoms with Crippen LogP contribution < -0.4 is 9.80 Å². The fraction of sp³-hybridized carbons (Fsp3) is 0.0833. The highest BCUT2D eigenvalue weighted by atomic mass is 15.1. The third-order valence-electron chi connectivity index (χ3n) is 9.02. The number of hydrogen-bond acceptors (Lipinski definition) is 2. The van der Waals surface area contributed by atoms with Crippen molar-refractivity contribution in [2.45, 2.75) is 26.2 Å². The second-order valence-electron chi connectivity index (χ2n) is 13.6. The van der Waals surface area contributed by atoms with Crippen LogP contribution in [0.4, 0.5) is 34.1 Å². The van der Waals surface area contributed by atoms with Gasteiger partial charge in [-0.2, -0.15) is 0 Å². The van der Waals surface area contributed by atoms with Crippen LogP contribution in [0.5, 0.6) is 0 Å². The van der Waals surface area contributed by atoms with E-state index in [4.69, 9.17) is 0 Å². The Morgan fingerprint density at radius 2 is 0.600 bits per heavy atom. The molecule has 7 aromatic carbocycles. The monoisotopic (exact) mass is 646 g/mol. The van der Waals surface area contributed by atoms with Gasteiger partial charge in [0.2, 0.25) is 0 Å². The lowest BCUT2D eigenvalue weighted by atomic mass is 9.87. The first-order valence-corrected chi connectivity index (χ1v) is 17.3. The first kappa shape index (κ1) is 32.4. The van der Waals surface area contributed by atoms with Gasteiger partial charge >= 0.3 is 0 Å². The maximum Gasteiger partial charge on any atom is 0.0462 e. The number of nitrogens with zero attached hydrogens (tertiary/aromatic N) is 2. The first-order valence-electron chi connectivity index (χ1n) is 17.3. The van der Waals surface area contributed by atoms with Crippen molar-refractivity contribution >= 4 is 46.3 Å². The third-order valence-corrected chi connectivity index (χ3v) is 9.02. The number of rotatable bonds is 9. The first-order chi connectivity index (χ1) is 24.4. The highest BCUT2D eigenvalue weighted by molar-refractivity contribution is 5.80. The zero-order valence-corrected chi connectivity index (χ0v) is 28.9. The molecule has 2 nitrogen and oxygen atoms in total. The minimum atomic E-state index is 0.114. The molecule has 0 unspecified atom stereocenters. The summed E-state index contributed by atoms with van der Waals surface area (Å²) in [6, 6.07) is 66.9. The maximum absolute atomic E-state index is 2.32. The van der Waals surface area contributed by atoms with Gasteiger partial charge in [-0.3, -0.25) is 0 Å². The van der Waals surface area contributed by atoms with Crippen LogP contribution in [0.2, 0.25) is 0 Å². The van der Waals surface area contributed by atoms with Crippen molar-refractivity contribution in [1.82, 2.24) is 0 Å². The van der Waals surface area contributed by atoms with Crippen molar-refractivity contribution in [1.29, 1.82) is 0 Å². The third kappa shape index (κ3) is 7.46. The van der Waals surface area contributed by atoms with Gasteiger partial charge in [0.05, 0.1) is 0 Å². The van der Waals surface area contributed by atoms with Gasteiger partial charge in [0, 0.05) is 34.1 Å². The molecule has 0 aromatic heterocycles. The van der Waals surface area contributed by atoms with Crippen molar-refractivity contribution in [2.75, 3.05) is 9.80 Å². The number of hydrogen-bond donors (Lipinski definition) is 0. The normalized spacial score (nSPS) is 11.4. The van der Waals surface area contributed by atoms with Crippen molar-refractivity contribution in [3.05, 3.63) is 205 Å². The second kappa shape index (κ2) is 14.6. The Morgan fingerprint density at radius 1 is 0.320 bits per heavy atom. The summed E-state index contributed by atoms with van der Waals surface area (Å²) in [4.78, 5) is 4.60. The van der Waals surface area contributed by atoms with Crippen LogP contribution in [0.15, 0.2) is 188 Å². The fourth-order valence-electron chi connectivity index (χ4n) is 6.25. The highest BCUT2D eigenvalue weighted by Gasteiger charge is 2.17. The van der Waals surface area contributed by atoms with Crippen LogP contribution in [0.3, 0.4) is 0 Å². The molecule has 0 saturated heterocycles. The van der Waals surface area contributed by atoms with Crippen LogP contribution in [0.1, 0.15) is 37.5 Å². The molecule has 0 bridgehead atoms. The van der Waals surface area contributed by atoms with Gasteiger partial charge in [-0.05, 0) is 106 Å². The Morgan fingerprint density at radius 3 is 0.960 bits per heavy atom. The van der Waals surface area contributed by atoms with E-state index in [0.29, 0.717) is 0 Å². The standard InChI is InChI=1S/C48H42N2/c1-48(2,3)41-29-35-47(36-30-41)50(44-17-11-6-12-18-44)46-33-27-40(28-34-46)39-25-21-37(22-26-39)19-20-38-23-31-45(32-24-38)49(42-13-7-4-8-14-42)43-15-9-5-10-16-43/h4-36H,1-3H3. The largest absolute Gasteiger partial charge is 0.311 e. The quantitative estimate of drug-likeness (QED) is 0.144. The SMILES string of the molecule is CC(C)(C)c1ccc(N(c2ccccc2)c2ccc(-c3ccc(C=Cc4ccc(N(c5ccccc5)c5ccccc5)cc4)cc3)cc2)cc1. The lowest BCUT2D eigenvalue weighted by Crippen LogP contribution is -2.13. The van der Waals surface area contributed by atoms with Crippen LogP contribution in [0.25, 0.3) is 23.3 Å². The Labute approximate surface area is 297 Å². The minimum Gasteiger partial charge on any atom is -0.311 e. The molecular weight excluding hydrogens is 605 g/mol. The van der Waals surface area contributed by atoms with Gasteiger partial charge in [-0.15, -0.1) is 0 Å². The van der Waals surface area contributed by atoms with Gasteiger partial charge in [0.1, 0.15) is 0 Å². The second-order valence-corrected chi connectivity index (χ2v) is 13.6. The molecule has 0 aliphatic rings. The molecule has 0 heterocycles. The zero-order valence-electron chi connectivity index (χ0n) is 28.9. The molecular formula is C48H42N2. The van der Waals surface area contributed by atoms with Crippen molar-refractivity contribution in [3.8, 4) is 11.1 Å². The molecule has 50 heavy (non-hydrogen) atoms. The molecule has 0 fully saturated rings. The summed E-state index contributed by atoms with van der Waals surface area (Å²) in [5.74, 6) is 0. The highest BCUT2D eigenvalue weighted by Crippen LogP contribution is 2.37. The van der Waals surface area contributed by atoms with Crippen LogP contribution >= 0.6 is 0 Å². The maximum atomic E-state index is 2.32. The number of para-hydroxylation sites is 3. The van der Waals surface area contributed by atoms with E-state index in [2.05, 4.69) is 231 Å². The average molecular weight is 647 g/mol. The van der Waals surface area contributed by atoms with E-state index in [0.717, 1.165) is 39.7 Å². The Bertz CT molecular complexity index is 2090. The summed E-state index contributed by atoms with van der Waals surface area (Å²) in [6.45, 7) is 6.76.